The van der Waals surface area contributed by atoms with Crippen molar-refractivity contribution < 1.29 is 17.6 Å². The standard InChI is InChI=1S/C15H14ClFN2O3S/c1-10(20)19-12-3-5-13(6-4-12)23(21,22)18-9-11-2-7-15(17)14(16)8-11/h2-8,18H,9H2,1H3,(H,19,20). The van der Waals surface area contributed by atoms with Gasteiger partial charge < -0.3 is 5.32 Å². The number of benzene rings is 2. The highest BCUT2D eigenvalue weighted by atomic mass is 35.5. The minimum atomic E-state index is -3.73. The van der Waals surface area contributed by atoms with Gasteiger partial charge in [-0.15, -0.1) is 0 Å². The van der Waals surface area contributed by atoms with Crippen molar-refractivity contribution in [2.24, 2.45) is 0 Å². The maximum atomic E-state index is 13.1. The Morgan fingerprint density at radius 2 is 1.83 bits per heavy atom. The first-order valence-electron chi connectivity index (χ1n) is 6.59. The van der Waals surface area contributed by atoms with Crippen LogP contribution in [0.2, 0.25) is 5.02 Å². The first-order valence-corrected chi connectivity index (χ1v) is 8.45. The Morgan fingerprint density at radius 3 is 2.39 bits per heavy atom. The number of carbonyl (C=O) groups is 1. The zero-order valence-electron chi connectivity index (χ0n) is 12.1. The lowest BCUT2D eigenvalue weighted by atomic mass is 10.2. The molecular weight excluding hydrogens is 343 g/mol. The van der Waals surface area contributed by atoms with E-state index in [0.717, 1.165) is 0 Å². The minimum absolute atomic E-state index is 0.0181. The van der Waals surface area contributed by atoms with E-state index in [4.69, 9.17) is 11.6 Å². The second-order valence-corrected chi connectivity index (χ2v) is 6.95. The Kier molecular flexibility index (Phi) is 5.35. The van der Waals surface area contributed by atoms with Gasteiger partial charge in [-0.3, -0.25) is 4.79 Å². The third-order valence-electron chi connectivity index (χ3n) is 2.94. The van der Waals surface area contributed by atoms with Crippen molar-refractivity contribution in [3.8, 4) is 0 Å². The summed E-state index contributed by atoms with van der Waals surface area (Å²) in [5, 5.41) is 2.48. The van der Waals surface area contributed by atoms with Gasteiger partial charge in [0, 0.05) is 19.2 Å². The van der Waals surface area contributed by atoms with Crippen LogP contribution < -0.4 is 10.0 Å². The van der Waals surface area contributed by atoms with Gasteiger partial charge in [-0.2, -0.15) is 0 Å². The van der Waals surface area contributed by atoms with Crippen molar-refractivity contribution in [2.75, 3.05) is 5.32 Å². The van der Waals surface area contributed by atoms with Crippen LogP contribution >= 0.6 is 11.6 Å². The number of carbonyl (C=O) groups excluding carboxylic acids is 1. The van der Waals surface area contributed by atoms with E-state index in [9.17, 15) is 17.6 Å². The Hall–Kier alpha value is -1.96. The number of hydrogen-bond donors (Lipinski definition) is 2. The molecule has 0 saturated carbocycles. The first kappa shape index (κ1) is 17.4. The van der Waals surface area contributed by atoms with Crippen molar-refractivity contribution in [1.82, 2.24) is 4.72 Å². The molecular formula is C15H14ClFN2O3S. The molecule has 23 heavy (non-hydrogen) atoms. The first-order chi connectivity index (χ1) is 10.8. The molecule has 0 aliphatic rings. The average Bonchev–Trinajstić information content (AvgIpc) is 2.48. The second kappa shape index (κ2) is 7.08. The highest BCUT2D eigenvalue weighted by molar-refractivity contribution is 7.89. The van der Waals surface area contributed by atoms with E-state index in [2.05, 4.69) is 10.0 Å². The molecule has 0 fully saturated rings. The number of hydrogen-bond acceptors (Lipinski definition) is 3. The Labute approximate surface area is 138 Å². The minimum Gasteiger partial charge on any atom is -0.326 e. The van der Waals surface area contributed by atoms with E-state index in [1.807, 2.05) is 0 Å². The van der Waals surface area contributed by atoms with Crippen molar-refractivity contribution in [2.45, 2.75) is 18.4 Å². The summed E-state index contributed by atoms with van der Waals surface area (Å²) in [6, 6.07) is 9.73. The third kappa shape index (κ3) is 4.75. The van der Waals surface area contributed by atoms with Crippen LogP contribution in [-0.4, -0.2) is 14.3 Å². The topological polar surface area (TPSA) is 75.3 Å². The number of rotatable bonds is 5. The molecule has 0 aromatic heterocycles. The van der Waals surface area contributed by atoms with Crippen LogP contribution in [0.3, 0.4) is 0 Å². The normalized spacial score (nSPS) is 11.3. The van der Waals surface area contributed by atoms with Gasteiger partial charge in [0.05, 0.1) is 9.92 Å². The largest absolute Gasteiger partial charge is 0.326 e. The molecule has 0 atom stereocenters. The van der Waals surface area contributed by atoms with Crippen molar-refractivity contribution in [1.29, 1.82) is 0 Å². The van der Waals surface area contributed by atoms with E-state index in [-0.39, 0.29) is 22.4 Å². The van der Waals surface area contributed by atoms with E-state index < -0.39 is 15.8 Å². The summed E-state index contributed by atoms with van der Waals surface area (Å²) in [4.78, 5) is 11.0. The van der Waals surface area contributed by atoms with Crippen LogP contribution in [0, 0.1) is 5.82 Å². The fraction of sp³-hybridized carbons (Fsp3) is 0.133. The lowest BCUT2D eigenvalue weighted by Gasteiger charge is -2.08. The van der Waals surface area contributed by atoms with Gasteiger partial charge >= 0.3 is 0 Å². The molecule has 0 unspecified atom stereocenters. The van der Waals surface area contributed by atoms with E-state index in [1.54, 1.807) is 0 Å². The van der Waals surface area contributed by atoms with Gasteiger partial charge in [-0.25, -0.2) is 17.5 Å². The molecule has 1 amide bonds. The summed E-state index contributed by atoms with van der Waals surface area (Å²) in [6.07, 6.45) is 0. The van der Waals surface area contributed by atoms with Crippen LogP contribution in [0.4, 0.5) is 10.1 Å². The van der Waals surface area contributed by atoms with Gasteiger partial charge in [-0.05, 0) is 42.0 Å². The number of anilines is 1. The predicted octanol–water partition coefficient (Wildman–Crippen LogP) is 2.92. The summed E-state index contributed by atoms with van der Waals surface area (Å²) >= 11 is 5.65. The van der Waals surface area contributed by atoms with Crippen LogP contribution in [0.25, 0.3) is 0 Å². The van der Waals surface area contributed by atoms with Crippen LogP contribution in [0.1, 0.15) is 12.5 Å². The zero-order chi connectivity index (χ0) is 17.0. The van der Waals surface area contributed by atoms with Gasteiger partial charge in [-0.1, -0.05) is 17.7 Å². The highest BCUT2D eigenvalue weighted by Gasteiger charge is 2.14. The summed E-state index contributed by atoms with van der Waals surface area (Å²) in [5.74, 6) is -0.807. The Bertz CT molecular complexity index is 823. The molecule has 0 bridgehead atoms. The van der Waals surface area contributed by atoms with Gasteiger partial charge in [0.2, 0.25) is 15.9 Å². The molecule has 0 heterocycles. The molecule has 2 N–H and O–H groups in total. The third-order valence-corrected chi connectivity index (χ3v) is 4.64. The van der Waals surface area contributed by atoms with Gasteiger partial charge in [0.15, 0.2) is 0 Å². The Balaban J connectivity index is 2.09. The second-order valence-electron chi connectivity index (χ2n) is 4.78. The number of amides is 1. The molecule has 0 aliphatic heterocycles. The molecule has 2 rings (SSSR count). The predicted molar refractivity (Wildman–Crippen MR) is 86.2 cm³/mol. The zero-order valence-corrected chi connectivity index (χ0v) is 13.7. The molecule has 0 saturated heterocycles. The fourth-order valence-corrected chi connectivity index (χ4v) is 3.05. The van der Waals surface area contributed by atoms with E-state index >= 15 is 0 Å². The maximum absolute atomic E-state index is 13.1. The van der Waals surface area contributed by atoms with Crippen LogP contribution in [0.15, 0.2) is 47.4 Å². The lowest BCUT2D eigenvalue weighted by Crippen LogP contribution is -2.23. The van der Waals surface area contributed by atoms with Gasteiger partial charge in [0.1, 0.15) is 5.82 Å². The average molecular weight is 357 g/mol. The molecule has 0 radical (unpaired) electrons. The Morgan fingerprint density at radius 1 is 1.17 bits per heavy atom. The van der Waals surface area contributed by atoms with Crippen molar-refractivity contribution in [3.05, 3.63) is 58.9 Å². The van der Waals surface area contributed by atoms with Crippen LogP contribution in [-0.2, 0) is 21.4 Å². The fourth-order valence-electron chi connectivity index (χ4n) is 1.83. The summed E-state index contributed by atoms with van der Waals surface area (Å²) < 4.78 is 39.8. The van der Waals surface area contributed by atoms with E-state index in [1.165, 1.54) is 49.4 Å². The number of halogens is 2. The molecule has 122 valence electrons. The molecule has 2 aromatic carbocycles. The van der Waals surface area contributed by atoms with Gasteiger partial charge in [0.25, 0.3) is 0 Å². The summed E-state index contributed by atoms with van der Waals surface area (Å²) in [6.45, 7) is 1.34. The quantitative estimate of drug-likeness (QED) is 0.865. The molecule has 8 heteroatoms. The SMILES string of the molecule is CC(=O)Nc1ccc(S(=O)(=O)NCc2ccc(F)c(Cl)c2)cc1. The summed E-state index contributed by atoms with van der Waals surface area (Å²) in [5.41, 5.74) is 1.04. The van der Waals surface area contributed by atoms with E-state index in [0.29, 0.717) is 11.3 Å². The van der Waals surface area contributed by atoms with Crippen molar-refractivity contribution >= 4 is 33.2 Å². The highest BCUT2D eigenvalue weighted by Crippen LogP contribution is 2.17. The molecule has 0 spiro atoms. The molecule has 5 nitrogen and oxygen atoms in total. The summed E-state index contributed by atoms with van der Waals surface area (Å²) in [7, 11) is -3.73. The molecule has 2 aromatic rings. The lowest BCUT2D eigenvalue weighted by molar-refractivity contribution is -0.114. The maximum Gasteiger partial charge on any atom is 0.240 e. The van der Waals surface area contributed by atoms with Crippen molar-refractivity contribution in [3.63, 3.8) is 0 Å². The number of nitrogens with one attached hydrogen (secondary N) is 2. The molecule has 0 aliphatic carbocycles. The smallest absolute Gasteiger partial charge is 0.240 e. The number of sulfonamides is 1. The van der Waals surface area contributed by atoms with Crippen LogP contribution in [0.5, 0.6) is 0 Å². The monoisotopic (exact) mass is 356 g/mol.